The SMILES string of the molecule is CC#CCC(NN)C1(C)CCCC1. The highest BCUT2D eigenvalue weighted by molar-refractivity contribution is 5.02. The molecule has 1 aliphatic carbocycles. The minimum absolute atomic E-state index is 0.363. The topological polar surface area (TPSA) is 38.0 Å². The van der Waals surface area contributed by atoms with Crippen LogP contribution < -0.4 is 11.3 Å². The number of hydrogen-bond acceptors (Lipinski definition) is 2. The normalized spacial score (nSPS) is 22.1. The maximum absolute atomic E-state index is 5.56. The molecule has 1 saturated carbocycles. The Morgan fingerprint density at radius 3 is 2.54 bits per heavy atom. The molecule has 1 aliphatic rings. The van der Waals surface area contributed by atoms with Crippen LogP contribution in [0.1, 0.15) is 46.0 Å². The number of nitrogens with two attached hydrogens (primary N) is 1. The highest BCUT2D eigenvalue weighted by Crippen LogP contribution is 2.41. The quantitative estimate of drug-likeness (QED) is 0.395. The first kappa shape index (κ1) is 10.6. The standard InChI is InChI=1S/C11H20N2/c1-3-4-7-10(13-12)11(2)8-5-6-9-11/h10,13H,5-9,12H2,1-2H3. The molecule has 2 nitrogen and oxygen atoms in total. The van der Waals surface area contributed by atoms with E-state index in [0.29, 0.717) is 11.5 Å². The van der Waals surface area contributed by atoms with Crippen molar-refractivity contribution in [3.8, 4) is 11.8 Å². The van der Waals surface area contributed by atoms with E-state index in [0.717, 1.165) is 6.42 Å². The van der Waals surface area contributed by atoms with Gasteiger partial charge in [-0.05, 0) is 25.2 Å². The van der Waals surface area contributed by atoms with Crippen molar-refractivity contribution < 1.29 is 0 Å². The van der Waals surface area contributed by atoms with Crippen LogP contribution in [0.25, 0.3) is 0 Å². The van der Waals surface area contributed by atoms with Gasteiger partial charge in [-0.25, -0.2) is 0 Å². The zero-order valence-electron chi connectivity index (χ0n) is 8.69. The first-order valence-electron chi connectivity index (χ1n) is 5.08. The first-order chi connectivity index (χ1) is 6.23. The second-order valence-corrected chi connectivity index (χ2v) is 4.21. The van der Waals surface area contributed by atoms with Gasteiger partial charge in [0.1, 0.15) is 0 Å². The fourth-order valence-electron chi connectivity index (χ4n) is 2.24. The van der Waals surface area contributed by atoms with Crippen LogP contribution in [0.3, 0.4) is 0 Å². The summed E-state index contributed by atoms with van der Waals surface area (Å²) in [4.78, 5) is 0. The van der Waals surface area contributed by atoms with Crippen LogP contribution >= 0.6 is 0 Å². The lowest BCUT2D eigenvalue weighted by molar-refractivity contribution is 0.225. The summed E-state index contributed by atoms with van der Waals surface area (Å²) in [6.45, 7) is 4.20. The van der Waals surface area contributed by atoms with Crippen molar-refractivity contribution >= 4 is 0 Å². The monoisotopic (exact) mass is 180 g/mol. The molecular formula is C11H20N2. The van der Waals surface area contributed by atoms with Gasteiger partial charge in [0.2, 0.25) is 0 Å². The van der Waals surface area contributed by atoms with E-state index in [-0.39, 0.29) is 0 Å². The van der Waals surface area contributed by atoms with Crippen LogP contribution in [-0.4, -0.2) is 6.04 Å². The molecule has 0 aromatic heterocycles. The van der Waals surface area contributed by atoms with Crippen molar-refractivity contribution in [2.45, 2.75) is 52.0 Å². The third-order valence-electron chi connectivity index (χ3n) is 3.27. The molecule has 13 heavy (non-hydrogen) atoms. The molecule has 0 saturated heterocycles. The van der Waals surface area contributed by atoms with E-state index >= 15 is 0 Å². The first-order valence-corrected chi connectivity index (χ1v) is 5.08. The Kier molecular flexibility index (Phi) is 3.77. The third-order valence-corrected chi connectivity index (χ3v) is 3.27. The van der Waals surface area contributed by atoms with Crippen molar-refractivity contribution in [2.75, 3.05) is 0 Å². The van der Waals surface area contributed by atoms with Crippen LogP contribution in [-0.2, 0) is 0 Å². The molecule has 0 aromatic rings. The van der Waals surface area contributed by atoms with Gasteiger partial charge in [-0.15, -0.1) is 11.8 Å². The molecule has 1 rings (SSSR count). The molecule has 0 aliphatic heterocycles. The van der Waals surface area contributed by atoms with E-state index < -0.39 is 0 Å². The molecule has 2 heteroatoms. The summed E-state index contributed by atoms with van der Waals surface area (Å²) in [5, 5.41) is 0. The molecule has 1 unspecified atom stereocenters. The summed E-state index contributed by atoms with van der Waals surface area (Å²) in [7, 11) is 0. The van der Waals surface area contributed by atoms with Gasteiger partial charge in [-0.3, -0.25) is 11.3 Å². The van der Waals surface area contributed by atoms with E-state index in [2.05, 4.69) is 24.2 Å². The summed E-state index contributed by atoms with van der Waals surface area (Å²) in [5.74, 6) is 11.6. The summed E-state index contributed by atoms with van der Waals surface area (Å²) < 4.78 is 0. The zero-order chi connectivity index (χ0) is 9.73. The largest absolute Gasteiger partial charge is 0.271 e. The Morgan fingerprint density at radius 2 is 2.08 bits per heavy atom. The molecule has 0 heterocycles. The van der Waals surface area contributed by atoms with E-state index in [4.69, 9.17) is 5.84 Å². The van der Waals surface area contributed by atoms with E-state index in [9.17, 15) is 0 Å². The van der Waals surface area contributed by atoms with Crippen LogP contribution in [0.4, 0.5) is 0 Å². The number of hydrogen-bond donors (Lipinski definition) is 2. The van der Waals surface area contributed by atoms with Crippen LogP contribution in [0.15, 0.2) is 0 Å². The van der Waals surface area contributed by atoms with Gasteiger partial charge in [-0.1, -0.05) is 19.8 Å². The highest BCUT2D eigenvalue weighted by atomic mass is 15.2. The molecule has 74 valence electrons. The molecular weight excluding hydrogens is 160 g/mol. The van der Waals surface area contributed by atoms with Gasteiger partial charge in [0, 0.05) is 12.5 Å². The average Bonchev–Trinajstić information content (AvgIpc) is 2.54. The van der Waals surface area contributed by atoms with E-state index in [1.165, 1.54) is 25.7 Å². The molecule has 1 fully saturated rings. The second-order valence-electron chi connectivity index (χ2n) is 4.21. The fourth-order valence-corrected chi connectivity index (χ4v) is 2.24. The van der Waals surface area contributed by atoms with Crippen molar-refractivity contribution in [3.63, 3.8) is 0 Å². The lowest BCUT2D eigenvalue weighted by atomic mass is 9.79. The lowest BCUT2D eigenvalue weighted by Gasteiger charge is -2.32. The molecule has 1 atom stereocenters. The highest BCUT2D eigenvalue weighted by Gasteiger charge is 2.35. The van der Waals surface area contributed by atoms with Crippen molar-refractivity contribution in [1.29, 1.82) is 0 Å². The molecule has 0 amide bonds. The van der Waals surface area contributed by atoms with Crippen LogP contribution in [0.5, 0.6) is 0 Å². The summed E-state index contributed by atoms with van der Waals surface area (Å²) in [5.41, 5.74) is 3.29. The van der Waals surface area contributed by atoms with Crippen LogP contribution in [0.2, 0.25) is 0 Å². The fraction of sp³-hybridized carbons (Fsp3) is 0.818. The Bertz CT molecular complexity index is 206. The van der Waals surface area contributed by atoms with Gasteiger partial charge in [-0.2, -0.15) is 0 Å². The average molecular weight is 180 g/mol. The van der Waals surface area contributed by atoms with E-state index in [1.54, 1.807) is 0 Å². The molecule has 0 spiro atoms. The summed E-state index contributed by atoms with van der Waals surface area (Å²) >= 11 is 0. The van der Waals surface area contributed by atoms with Gasteiger partial charge < -0.3 is 0 Å². The Hall–Kier alpha value is -0.520. The maximum Gasteiger partial charge on any atom is 0.0373 e. The maximum atomic E-state index is 5.56. The van der Waals surface area contributed by atoms with E-state index in [1.807, 2.05) is 6.92 Å². The Morgan fingerprint density at radius 1 is 1.46 bits per heavy atom. The van der Waals surface area contributed by atoms with Crippen molar-refractivity contribution in [1.82, 2.24) is 5.43 Å². The number of hydrazine groups is 1. The molecule has 0 aromatic carbocycles. The van der Waals surface area contributed by atoms with Crippen molar-refractivity contribution in [3.05, 3.63) is 0 Å². The van der Waals surface area contributed by atoms with Crippen LogP contribution in [0, 0.1) is 17.3 Å². The summed E-state index contributed by atoms with van der Waals surface area (Å²) in [6.07, 6.45) is 6.13. The lowest BCUT2D eigenvalue weighted by Crippen LogP contribution is -2.45. The van der Waals surface area contributed by atoms with Gasteiger partial charge >= 0.3 is 0 Å². The zero-order valence-corrected chi connectivity index (χ0v) is 8.69. The predicted octanol–water partition coefficient (Wildman–Crippen LogP) is 1.81. The summed E-state index contributed by atoms with van der Waals surface area (Å²) in [6, 6.07) is 0.363. The predicted molar refractivity (Wildman–Crippen MR) is 55.8 cm³/mol. The number of nitrogens with one attached hydrogen (secondary N) is 1. The second kappa shape index (κ2) is 4.64. The van der Waals surface area contributed by atoms with Gasteiger partial charge in [0.05, 0.1) is 0 Å². The van der Waals surface area contributed by atoms with Gasteiger partial charge in [0.15, 0.2) is 0 Å². The minimum atomic E-state index is 0.363. The van der Waals surface area contributed by atoms with Gasteiger partial charge in [0.25, 0.3) is 0 Å². The Balaban J connectivity index is 2.56. The smallest absolute Gasteiger partial charge is 0.0373 e. The van der Waals surface area contributed by atoms with Crippen molar-refractivity contribution in [2.24, 2.45) is 11.3 Å². The minimum Gasteiger partial charge on any atom is -0.271 e. The third kappa shape index (κ3) is 2.46. The Labute approximate surface area is 81.2 Å². The molecule has 0 radical (unpaired) electrons. The molecule has 0 bridgehead atoms. The number of rotatable bonds is 3. The molecule has 3 N–H and O–H groups in total.